The van der Waals surface area contributed by atoms with Crippen molar-refractivity contribution in [2.45, 2.75) is 32.7 Å². The van der Waals surface area contributed by atoms with Crippen LogP contribution in [0.3, 0.4) is 0 Å². The van der Waals surface area contributed by atoms with E-state index < -0.39 is 0 Å². The van der Waals surface area contributed by atoms with Gasteiger partial charge in [0.2, 0.25) is 0 Å². The quantitative estimate of drug-likeness (QED) is 0.807. The molecule has 3 heteroatoms. The van der Waals surface area contributed by atoms with E-state index in [-0.39, 0.29) is 6.04 Å². The second-order valence-electron chi connectivity index (χ2n) is 4.00. The molecule has 1 nitrogen and oxygen atoms in total. The maximum absolute atomic E-state index is 6.06. The first-order valence-electron chi connectivity index (χ1n) is 5.37. The van der Waals surface area contributed by atoms with Crippen molar-refractivity contribution in [2.24, 2.45) is 5.73 Å². The fraction of sp³-hybridized carbons (Fsp3) is 0.385. The fourth-order valence-corrected chi connectivity index (χ4v) is 2.04. The third kappa shape index (κ3) is 4.17. The zero-order valence-electron chi connectivity index (χ0n) is 9.63. The van der Waals surface area contributed by atoms with Gasteiger partial charge in [0.05, 0.1) is 0 Å². The molecule has 0 amide bonds. The lowest BCUT2D eigenvalue weighted by molar-refractivity contribution is 0.904. The van der Waals surface area contributed by atoms with Gasteiger partial charge in [0, 0.05) is 16.1 Å². The van der Waals surface area contributed by atoms with Gasteiger partial charge >= 0.3 is 0 Å². The van der Waals surface area contributed by atoms with Gasteiger partial charge in [-0.05, 0) is 49.9 Å². The SMILES string of the molecule is Cc1c(Cl)cc(Cl)cc1CCC=CC(C)N. The van der Waals surface area contributed by atoms with Crippen molar-refractivity contribution >= 4 is 23.2 Å². The molecular formula is C13H17Cl2N. The molecular weight excluding hydrogens is 241 g/mol. The molecule has 1 aromatic carbocycles. The van der Waals surface area contributed by atoms with Crippen molar-refractivity contribution in [3.05, 3.63) is 45.5 Å². The van der Waals surface area contributed by atoms with E-state index in [2.05, 4.69) is 6.08 Å². The Morgan fingerprint density at radius 1 is 1.38 bits per heavy atom. The van der Waals surface area contributed by atoms with Crippen molar-refractivity contribution in [3.8, 4) is 0 Å². The molecule has 0 bridgehead atoms. The van der Waals surface area contributed by atoms with Crippen molar-refractivity contribution in [1.82, 2.24) is 0 Å². The van der Waals surface area contributed by atoms with Gasteiger partial charge in [-0.2, -0.15) is 0 Å². The third-order valence-corrected chi connectivity index (χ3v) is 3.05. The zero-order chi connectivity index (χ0) is 12.1. The molecule has 1 unspecified atom stereocenters. The molecule has 2 N–H and O–H groups in total. The molecule has 1 atom stereocenters. The maximum Gasteiger partial charge on any atom is 0.0452 e. The highest BCUT2D eigenvalue weighted by Crippen LogP contribution is 2.25. The minimum atomic E-state index is 0.115. The van der Waals surface area contributed by atoms with Gasteiger partial charge in [0.1, 0.15) is 0 Å². The first kappa shape index (κ1) is 13.6. The summed E-state index contributed by atoms with van der Waals surface area (Å²) in [5.41, 5.74) is 7.93. The predicted molar refractivity (Wildman–Crippen MR) is 72.3 cm³/mol. The van der Waals surface area contributed by atoms with Gasteiger partial charge < -0.3 is 5.73 Å². The van der Waals surface area contributed by atoms with Gasteiger partial charge in [-0.25, -0.2) is 0 Å². The Labute approximate surface area is 107 Å². The van der Waals surface area contributed by atoms with E-state index in [1.807, 2.05) is 26.0 Å². The van der Waals surface area contributed by atoms with E-state index in [1.165, 1.54) is 5.56 Å². The summed E-state index contributed by atoms with van der Waals surface area (Å²) in [5, 5.41) is 1.43. The summed E-state index contributed by atoms with van der Waals surface area (Å²) < 4.78 is 0. The van der Waals surface area contributed by atoms with Crippen LogP contribution >= 0.6 is 23.2 Å². The number of benzene rings is 1. The lowest BCUT2D eigenvalue weighted by Crippen LogP contribution is -2.10. The summed E-state index contributed by atoms with van der Waals surface area (Å²) in [6, 6.07) is 3.87. The van der Waals surface area contributed by atoms with Crippen LogP contribution in [-0.2, 0) is 6.42 Å². The number of allylic oxidation sites excluding steroid dienone is 1. The number of aryl methyl sites for hydroxylation is 1. The van der Waals surface area contributed by atoms with Crippen molar-refractivity contribution in [1.29, 1.82) is 0 Å². The minimum absolute atomic E-state index is 0.115. The van der Waals surface area contributed by atoms with Crippen molar-refractivity contribution in [3.63, 3.8) is 0 Å². The van der Waals surface area contributed by atoms with E-state index in [0.29, 0.717) is 5.02 Å². The monoisotopic (exact) mass is 257 g/mol. The average Bonchev–Trinajstić information content (AvgIpc) is 2.19. The third-order valence-electron chi connectivity index (χ3n) is 2.44. The van der Waals surface area contributed by atoms with Crippen LogP contribution in [0.25, 0.3) is 0 Å². The Hall–Kier alpha value is -0.500. The van der Waals surface area contributed by atoms with Crippen LogP contribution in [0.15, 0.2) is 24.3 Å². The molecule has 0 heterocycles. The van der Waals surface area contributed by atoms with Crippen molar-refractivity contribution in [2.75, 3.05) is 0 Å². The van der Waals surface area contributed by atoms with E-state index in [9.17, 15) is 0 Å². The normalized spacial score (nSPS) is 13.3. The highest BCUT2D eigenvalue weighted by Gasteiger charge is 2.03. The number of halogens is 2. The highest BCUT2D eigenvalue weighted by molar-refractivity contribution is 6.35. The van der Waals surface area contributed by atoms with Crippen LogP contribution in [0, 0.1) is 6.92 Å². The molecule has 0 spiro atoms. The van der Waals surface area contributed by atoms with E-state index >= 15 is 0 Å². The van der Waals surface area contributed by atoms with Gasteiger partial charge in [-0.3, -0.25) is 0 Å². The molecule has 0 saturated heterocycles. The van der Waals surface area contributed by atoms with Crippen LogP contribution in [0.4, 0.5) is 0 Å². The summed E-state index contributed by atoms with van der Waals surface area (Å²) in [6.07, 6.45) is 5.99. The van der Waals surface area contributed by atoms with Gasteiger partial charge in [-0.15, -0.1) is 0 Å². The van der Waals surface area contributed by atoms with E-state index in [4.69, 9.17) is 28.9 Å². The summed E-state index contributed by atoms with van der Waals surface area (Å²) in [7, 11) is 0. The lowest BCUT2D eigenvalue weighted by Gasteiger charge is -2.07. The predicted octanol–water partition coefficient (Wildman–Crippen LogP) is 4.14. The van der Waals surface area contributed by atoms with Crippen LogP contribution in [0.1, 0.15) is 24.5 Å². The molecule has 0 aromatic heterocycles. The summed E-state index contributed by atoms with van der Waals surface area (Å²) in [4.78, 5) is 0. The van der Waals surface area contributed by atoms with Crippen LogP contribution in [0.2, 0.25) is 10.0 Å². The zero-order valence-corrected chi connectivity index (χ0v) is 11.1. The van der Waals surface area contributed by atoms with Crippen molar-refractivity contribution < 1.29 is 0 Å². The van der Waals surface area contributed by atoms with Crippen LogP contribution < -0.4 is 5.73 Å². The topological polar surface area (TPSA) is 26.0 Å². The number of hydrogen-bond donors (Lipinski definition) is 1. The average molecular weight is 258 g/mol. The molecule has 1 rings (SSSR count). The lowest BCUT2D eigenvalue weighted by atomic mass is 10.0. The molecule has 16 heavy (non-hydrogen) atoms. The van der Waals surface area contributed by atoms with E-state index in [1.54, 1.807) is 6.07 Å². The minimum Gasteiger partial charge on any atom is -0.325 e. The van der Waals surface area contributed by atoms with E-state index in [0.717, 1.165) is 23.4 Å². The Morgan fingerprint density at radius 3 is 2.69 bits per heavy atom. The Kier molecular flexibility index (Phi) is 5.33. The Bertz CT molecular complexity index is 384. The first-order valence-corrected chi connectivity index (χ1v) is 6.13. The maximum atomic E-state index is 6.06. The van der Waals surface area contributed by atoms with Gasteiger partial charge in [-0.1, -0.05) is 35.4 Å². The number of nitrogens with two attached hydrogens (primary N) is 1. The Morgan fingerprint density at radius 2 is 2.06 bits per heavy atom. The largest absolute Gasteiger partial charge is 0.325 e. The molecule has 0 aliphatic carbocycles. The second kappa shape index (κ2) is 6.29. The van der Waals surface area contributed by atoms with Gasteiger partial charge in [0.25, 0.3) is 0 Å². The summed E-state index contributed by atoms with van der Waals surface area (Å²) in [6.45, 7) is 3.97. The molecule has 0 aliphatic rings. The standard InChI is InChI=1S/C13H17Cl2N/c1-9(16)5-3-4-6-11-7-12(14)8-13(15)10(11)2/h3,5,7-9H,4,6,16H2,1-2H3. The number of rotatable bonds is 4. The molecule has 0 aliphatic heterocycles. The molecule has 0 fully saturated rings. The van der Waals surface area contributed by atoms with Gasteiger partial charge in [0.15, 0.2) is 0 Å². The summed E-state index contributed by atoms with van der Waals surface area (Å²) in [5.74, 6) is 0. The molecule has 0 saturated carbocycles. The fourth-order valence-electron chi connectivity index (χ4n) is 1.51. The second-order valence-corrected chi connectivity index (χ2v) is 4.84. The highest BCUT2D eigenvalue weighted by atomic mass is 35.5. The number of hydrogen-bond acceptors (Lipinski definition) is 1. The smallest absolute Gasteiger partial charge is 0.0452 e. The molecule has 0 radical (unpaired) electrons. The molecule has 88 valence electrons. The first-order chi connectivity index (χ1) is 7.50. The molecule has 1 aromatic rings. The van der Waals surface area contributed by atoms with Crippen LogP contribution in [-0.4, -0.2) is 6.04 Å². The Balaban J connectivity index is 2.67. The van der Waals surface area contributed by atoms with Crippen LogP contribution in [0.5, 0.6) is 0 Å². The summed E-state index contributed by atoms with van der Waals surface area (Å²) >= 11 is 12.0.